The Labute approximate surface area is 79.5 Å². The van der Waals surface area contributed by atoms with Gasteiger partial charge in [-0.3, -0.25) is 0 Å². The molecule has 0 atom stereocenters. The van der Waals surface area contributed by atoms with Crippen LogP contribution in [0, 0.1) is 12.3 Å². The molecule has 0 spiro atoms. The molecule has 1 aromatic heterocycles. The van der Waals surface area contributed by atoms with Crippen molar-refractivity contribution in [3.8, 4) is 0 Å². The van der Waals surface area contributed by atoms with Crippen LogP contribution in [0.2, 0.25) is 0 Å². The van der Waals surface area contributed by atoms with Crippen molar-refractivity contribution >= 4 is 0 Å². The molecule has 1 N–H and O–H groups in total. The van der Waals surface area contributed by atoms with Crippen LogP contribution < -0.4 is 0 Å². The maximum absolute atomic E-state index is 12.6. The molecule has 1 heterocycles. The molecule has 2 rings (SSSR count). The number of hydrogen-bond acceptors (Lipinski definition) is 1. The summed E-state index contributed by atoms with van der Waals surface area (Å²) in [7, 11) is 0. The second-order valence-electron chi connectivity index (χ2n) is 3.93. The van der Waals surface area contributed by atoms with Gasteiger partial charge in [-0.2, -0.15) is 13.2 Å². The number of imidazole rings is 1. The smallest absolute Gasteiger partial charge is 0.348 e. The molecule has 1 aromatic rings. The first-order chi connectivity index (χ1) is 6.45. The van der Waals surface area contributed by atoms with Gasteiger partial charge in [0.1, 0.15) is 0 Å². The predicted octanol–water partition coefficient (Wildman–Crippen LogP) is 2.60. The zero-order valence-corrected chi connectivity index (χ0v) is 7.78. The van der Waals surface area contributed by atoms with E-state index >= 15 is 0 Å². The molecule has 1 saturated carbocycles. The third-order valence-electron chi connectivity index (χ3n) is 2.90. The lowest BCUT2D eigenvalue weighted by atomic mass is 9.99. The van der Waals surface area contributed by atoms with Crippen LogP contribution in [0.3, 0.4) is 0 Å². The lowest BCUT2D eigenvalue weighted by Gasteiger charge is -2.18. The Bertz CT molecular complexity index is 336. The minimum Gasteiger partial charge on any atom is -0.348 e. The summed E-state index contributed by atoms with van der Waals surface area (Å²) in [6.07, 6.45) is -2.15. The Kier molecular flexibility index (Phi) is 1.87. The highest BCUT2D eigenvalue weighted by Gasteiger charge is 2.63. The molecule has 0 unspecified atom stereocenters. The van der Waals surface area contributed by atoms with Crippen LogP contribution in [0.1, 0.15) is 24.2 Å². The fourth-order valence-corrected chi connectivity index (χ4v) is 1.60. The summed E-state index contributed by atoms with van der Waals surface area (Å²) in [5, 5.41) is 0. The molecule has 78 valence electrons. The molecule has 0 aromatic carbocycles. The molecule has 0 saturated heterocycles. The molecule has 14 heavy (non-hydrogen) atoms. The number of halogens is 3. The molecule has 1 aliphatic carbocycles. The van der Waals surface area contributed by atoms with E-state index < -0.39 is 11.6 Å². The van der Waals surface area contributed by atoms with E-state index in [-0.39, 0.29) is 19.3 Å². The Morgan fingerprint density at radius 3 is 2.50 bits per heavy atom. The van der Waals surface area contributed by atoms with Gasteiger partial charge in [-0.25, -0.2) is 4.98 Å². The zero-order valence-electron chi connectivity index (χ0n) is 7.78. The fourth-order valence-electron chi connectivity index (χ4n) is 1.60. The Morgan fingerprint density at radius 1 is 1.50 bits per heavy atom. The van der Waals surface area contributed by atoms with Gasteiger partial charge in [-0.1, -0.05) is 0 Å². The highest BCUT2D eigenvalue weighted by atomic mass is 19.4. The Morgan fingerprint density at radius 2 is 2.14 bits per heavy atom. The quantitative estimate of drug-likeness (QED) is 0.788. The Hall–Kier alpha value is -1.00. The topological polar surface area (TPSA) is 28.7 Å². The van der Waals surface area contributed by atoms with E-state index in [4.69, 9.17) is 0 Å². The van der Waals surface area contributed by atoms with Crippen LogP contribution in [0.25, 0.3) is 0 Å². The first-order valence-electron chi connectivity index (χ1n) is 4.50. The zero-order chi connectivity index (χ0) is 10.4. The largest absolute Gasteiger partial charge is 0.394 e. The van der Waals surface area contributed by atoms with Crippen LogP contribution in [0.15, 0.2) is 6.33 Å². The standard InChI is InChI=1S/C9H11F3N2/c1-6-7(14-5-13-6)4-8(2-3-8)9(10,11)12/h5H,2-4H2,1H3,(H,13,14). The van der Waals surface area contributed by atoms with E-state index in [0.29, 0.717) is 5.69 Å². The average molecular weight is 204 g/mol. The van der Waals surface area contributed by atoms with Gasteiger partial charge in [0.2, 0.25) is 0 Å². The molecule has 2 nitrogen and oxygen atoms in total. The monoisotopic (exact) mass is 204 g/mol. The van der Waals surface area contributed by atoms with Gasteiger partial charge < -0.3 is 4.98 Å². The molecule has 0 amide bonds. The van der Waals surface area contributed by atoms with E-state index in [0.717, 1.165) is 5.69 Å². The van der Waals surface area contributed by atoms with Gasteiger partial charge in [0.25, 0.3) is 0 Å². The van der Waals surface area contributed by atoms with Crippen LogP contribution >= 0.6 is 0 Å². The van der Waals surface area contributed by atoms with Crippen LogP contribution in [0.4, 0.5) is 13.2 Å². The summed E-state index contributed by atoms with van der Waals surface area (Å²) in [6.45, 7) is 1.74. The number of aromatic nitrogens is 2. The number of rotatable bonds is 2. The molecule has 0 aliphatic heterocycles. The number of aromatic amines is 1. The highest BCUT2D eigenvalue weighted by molar-refractivity contribution is 5.15. The van der Waals surface area contributed by atoms with Crippen LogP contribution in [0.5, 0.6) is 0 Å². The minimum atomic E-state index is -4.08. The molecule has 5 heteroatoms. The Balaban J connectivity index is 2.16. The number of aryl methyl sites for hydroxylation is 1. The lowest BCUT2D eigenvalue weighted by molar-refractivity contribution is -0.186. The second kappa shape index (κ2) is 2.74. The number of hydrogen-bond donors (Lipinski definition) is 1. The minimum absolute atomic E-state index is 0.0197. The van der Waals surface area contributed by atoms with Gasteiger partial charge in [-0.15, -0.1) is 0 Å². The molecular formula is C9H11F3N2. The predicted molar refractivity (Wildman–Crippen MR) is 44.8 cm³/mol. The molecule has 0 radical (unpaired) electrons. The average Bonchev–Trinajstić information content (AvgIpc) is 2.73. The van der Waals surface area contributed by atoms with Gasteiger partial charge in [0.05, 0.1) is 17.4 Å². The van der Waals surface area contributed by atoms with Gasteiger partial charge >= 0.3 is 6.18 Å². The fraction of sp³-hybridized carbons (Fsp3) is 0.667. The summed E-state index contributed by atoms with van der Waals surface area (Å²) in [5.74, 6) is 0. The summed E-state index contributed by atoms with van der Waals surface area (Å²) >= 11 is 0. The van der Waals surface area contributed by atoms with Crippen molar-refractivity contribution < 1.29 is 13.2 Å². The van der Waals surface area contributed by atoms with Crippen LogP contribution in [-0.2, 0) is 6.42 Å². The van der Waals surface area contributed by atoms with E-state index in [1.54, 1.807) is 6.92 Å². The van der Waals surface area contributed by atoms with Crippen molar-refractivity contribution in [2.45, 2.75) is 32.4 Å². The van der Waals surface area contributed by atoms with E-state index in [9.17, 15) is 13.2 Å². The molecule has 1 aliphatic rings. The lowest BCUT2D eigenvalue weighted by Crippen LogP contribution is -2.27. The second-order valence-corrected chi connectivity index (χ2v) is 3.93. The van der Waals surface area contributed by atoms with Crippen molar-refractivity contribution in [3.05, 3.63) is 17.7 Å². The molecule has 1 fully saturated rings. The summed E-state index contributed by atoms with van der Waals surface area (Å²) in [5.41, 5.74) is -0.201. The normalized spacial score (nSPS) is 19.7. The van der Waals surface area contributed by atoms with E-state index in [2.05, 4.69) is 9.97 Å². The van der Waals surface area contributed by atoms with Gasteiger partial charge in [0, 0.05) is 12.1 Å². The molecule has 0 bridgehead atoms. The van der Waals surface area contributed by atoms with E-state index in [1.165, 1.54) is 6.33 Å². The van der Waals surface area contributed by atoms with Crippen molar-refractivity contribution in [1.29, 1.82) is 0 Å². The van der Waals surface area contributed by atoms with E-state index in [1.807, 2.05) is 0 Å². The van der Waals surface area contributed by atoms with Crippen molar-refractivity contribution in [1.82, 2.24) is 9.97 Å². The van der Waals surface area contributed by atoms with Gasteiger partial charge in [0.15, 0.2) is 0 Å². The summed E-state index contributed by atoms with van der Waals surface area (Å²) < 4.78 is 37.7. The maximum Gasteiger partial charge on any atom is 0.394 e. The van der Waals surface area contributed by atoms with Crippen LogP contribution in [-0.4, -0.2) is 16.1 Å². The number of alkyl halides is 3. The summed E-state index contributed by atoms with van der Waals surface area (Å²) in [4.78, 5) is 6.69. The third kappa shape index (κ3) is 1.40. The van der Waals surface area contributed by atoms with Gasteiger partial charge in [-0.05, 0) is 19.8 Å². The SMILES string of the molecule is Cc1[nH]cnc1CC1(C(F)(F)F)CC1. The van der Waals surface area contributed by atoms with Crippen molar-refractivity contribution in [3.63, 3.8) is 0 Å². The molecular weight excluding hydrogens is 193 g/mol. The first kappa shape index (κ1) is 9.55. The number of nitrogens with zero attached hydrogens (tertiary/aromatic N) is 1. The number of H-pyrrole nitrogens is 1. The summed E-state index contributed by atoms with van der Waals surface area (Å²) in [6, 6.07) is 0. The highest BCUT2D eigenvalue weighted by Crippen LogP contribution is 2.59. The number of nitrogens with one attached hydrogen (secondary N) is 1. The third-order valence-corrected chi connectivity index (χ3v) is 2.90. The first-order valence-corrected chi connectivity index (χ1v) is 4.50. The van der Waals surface area contributed by atoms with Crippen molar-refractivity contribution in [2.24, 2.45) is 5.41 Å². The maximum atomic E-state index is 12.6. The van der Waals surface area contributed by atoms with Crippen molar-refractivity contribution in [2.75, 3.05) is 0 Å².